The van der Waals surface area contributed by atoms with Crippen LogP contribution in [0.15, 0.2) is 54.7 Å². The molecule has 0 saturated carbocycles. The van der Waals surface area contributed by atoms with Crippen LogP contribution in [0, 0.1) is 11.5 Å². The highest BCUT2D eigenvalue weighted by molar-refractivity contribution is 7.99. The number of rotatable bonds is 5. The number of aryl methyl sites for hydroxylation is 1. The number of amides is 1. The molecule has 0 saturated heterocycles. The highest BCUT2D eigenvalue weighted by Gasteiger charge is 2.22. The van der Waals surface area contributed by atoms with Crippen LogP contribution in [-0.4, -0.2) is 27.8 Å². The molecule has 0 N–H and O–H groups in total. The van der Waals surface area contributed by atoms with Gasteiger partial charge in [0.05, 0.1) is 16.5 Å². The van der Waals surface area contributed by atoms with E-state index in [9.17, 15) is 10.1 Å². The normalized spacial score (nSPS) is 11.9. The Balaban J connectivity index is 0. The van der Waals surface area contributed by atoms with E-state index in [1.807, 2.05) is 78.5 Å². The Morgan fingerprint density at radius 3 is 2.23 bits per heavy atom. The Labute approximate surface area is 217 Å². The number of imidazole rings is 1. The Bertz CT molecular complexity index is 1050. The van der Waals surface area contributed by atoms with E-state index in [2.05, 4.69) is 30.4 Å². The summed E-state index contributed by atoms with van der Waals surface area (Å²) < 4.78 is 1.42. The standard InChI is InChI=1S/C21H20N4OS.4C2H6/c1-3-8-17-19(9-4-2)25(15-22)21(23-17)27-14-20(26)24-13-7-11-16-10-5-6-12-18(16)24;4*1-2/h3-6,8-10,12H,1-2,7,11,13-14H2;4*1-2H3/b17-8+,19-9+;;;;. The highest BCUT2D eigenvalue weighted by Crippen LogP contribution is 2.27. The van der Waals surface area contributed by atoms with Crippen molar-refractivity contribution in [1.82, 2.24) is 9.55 Å². The second-order valence-electron chi connectivity index (χ2n) is 5.97. The van der Waals surface area contributed by atoms with E-state index < -0.39 is 0 Å². The van der Waals surface area contributed by atoms with Gasteiger partial charge in [-0.05, 0) is 36.6 Å². The fraction of sp³-hybridized carbons (Fsp3) is 0.414. The van der Waals surface area contributed by atoms with Gasteiger partial charge < -0.3 is 4.90 Å². The molecule has 1 aliphatic heterocycles. The molecule has 3 rings (SSSR count). The van der Waals surface area contributed by atoms with Crippen molar-refractivity contribution in [2.24, 2.45) is 0 Å². The summed E-state index contributed by atoms with van der Waals surface area (Å²) in [6, 6.07) is 8.01. The van der Waals surface area contributed by atoms with Gasteiger partial charge >= 0.3 is 0 Å². The van der Waals surface area contributed by atoms with Crippen molar-refractivity contribution in [2.75, 3.05) is 17.2 Å². The third-order valence-corrected chi connectivity index (χ3v) is 5.22. The SMILES string of the molecule is C=C/C=c1/nc(SCC(=O)N2CCCc3ccccc32)n(C#N)/c1=C/C=C.CC.CC.CC.CC. The van der Waals surface area contributed by atoms with Gasteiger partial charge in [-0.2, -0.15) is 5.26 Å². The Morgan fingerprint density at radius 2 is 1.66 bits per heavy atom. The maximum absolute atomic E-state index is 12.8. The average molecular weight is 497 g/mol. The van der Waals surface area contributed by atoms with Gasteiger partial charge in [0.15, 0.2) is 11.3 Å². The first-order valence-corrected chi connectivity index (χ1v) is 13.6. The lowest BCUT2D eigenvalue weighted by Crippen LogP contribution is -2.36. The predicted molar refractivity (Wildman–Crippen MR) is 155 cm³/mol. The average Bonchev–Trinajstić information content (AvgIpc) is 3.27. The first-order chi connectivity index (χ1) is 17.2. The number of benzene rings is 1. The molecule has 2 aromatic rings. The van der Waals surface area contributed by atoms with Crippen LogP contribution in [0.4, 0.5) is 5.69 Å². The molecule has 0 radical (unpaired) electrons. The number of aromatic nitrogens is 2. The van der Waals surface area contributed by atoms with Crippen LogP contribution >= 0.6 is 11.8 Å². The molecule has 2 heterocycles. The molecule has 1 aromatic carbocycles. The maximum atomic E-state index is 12.8. The van der Waals surface area contributed by atoms with Gasteiger partial charge in [-0.3, -0.25) is 4.79 Å². The van der Waals surface area contributed by atoms with E-state index >= 15 is 0 Å². The molecular formula is C29H44N4OS. The molecule has 1 amide bonds. The Morgan fingerprint density at radius 1 is 1.06 bits per heavy atom. The third kappa shape index (κ3) is 10.00. The number of fused-ring (bicyclic) bond motifs is 1. The first kappa shape index (κ1) is 34.1. The van der Waals surface area contributed by atoms with E-state index in [1.54, 1.807) is 24.3 Å². The van der Waals surface area contributed by atoms with Gasteiger partial charge in [-0.25, -0.2) is 9.55 Å². The highest BCUT2D eigenvalue weighted by atomic mass is 32.2. The number of nitrogens with zero attached hydrogens (tertiary/aromatic N) is 4. The van der Waals surface area contributed by atoms with Crippen LogP contribution in [-0.2, 0) is 11.2 Å². The summed E-state index contributed by atoms with van der Waals surface area (Å²) in [4.78, 5) is 19.1. The van der Waals surface area contributed by atoms with E-state index in [0.717, 1.165) is 18.5 Å². The molecule has 0 spiro atoms. The van der Waals surface area contributed by atoms with Crippen molar-refractivity contribution in [1.29, 1.82) is 5.26 Å². The largest absolute Gasteiger partial charge is 0.311 e. The summed E-state index contributed by atoms with van der Waals surface area (Å²) in [6.07, 6.45) is 10.7. The summed E-state index contributed by atoms with van der Waals surface area (Å²) in [6.45, 7) is 24.1. The van der Waals surface area contributed by atoms with Gasteiger partial charge in [0.25, 0.3) is 0 Å². The van der Waals surface area contributed by atoms with Crippen molar-refractivity contribution >= 4 is 35.5 Å². The molecular weight excluding hydrogens is 452 g/mol. The number of hydrogen-bond donors (Lipinski definition) is 0. The minimum Gasteiger partial charge on any atom is -0.311 e. The third-order valence-electron chi connectivity index (χ3n) is 4.30. The smallest absolute Gasteiger partial charge is 0.237 e. The van der Waals surface area contributed by atoms with Gasteiger partial charge in [-0.1, -0.05) is 111 Å². The van der Waals surface area contributed by atoms with Crippen molar-refractivity contribution in [2.45, 2.75) is 73.4 Å². The molecule has 0 unspecified atom stereocenters. The zero-order chi connectivity index (χ0) is 27.2. The second kappa shape index (κ2) is 21.5. The van der Waals surface area contributed by atoms with Crippen molar-refractivity contribution in [3.05, 3.63) is 65.8 Å². The number of allylic oxidation sites excluding steroid dienone is 2. The van der Waals surface area contributed by atoms with E-state index in [4.69, 9.17) is 0 Å². The van der Waals surface area contributed by atoms with Crippen molar-refractivity contribution in [3.63, 3.8) is 0 Å². The lowest BCUT2D eigenvalue weighted by molar-refractivity contribution is -0.116. The number of hydrogen-bond acceptors (Lipinski definition) is 4. The first-order valence-electron chi connectivity index (χ1n) is 12.6. The van der Waals surface area contributed by atoms with E-state index in [-0.39, 0.29) is 11.7 Å². The lowest BCUT2D eigenvalue weighted by Gasteiger charge is -2.29. The van der Waals surface area contributed by atoms with Crippen molar-refractivity contribution in [3.8, 4) is 6.19 Å². The topological polar surface area (TPSA) is 61.9 Å². The summed E-state index contributed by atoms with van der Waals surface area (Å²) in [5, 5.41) is 11.3. The van der Waals surface area contributed by atoms with Gasteiger partial charge in [0, 0.05) is 12.2 Å². The van der Waals surface area contributed by atoms with Gasteiger partial charge in [0.1, 0.15) is 0 Å². The van der Waals surface area contributed by atoms with E-state index in [0.29, 0.717) is 22.4 Å². The fourth-order valence-electron chi connectivity index (χ4n) is 3.12. The van der Waals surface area contributed by atoms with Crippen molar-refractivity contribution < 1.29 is 4.79 Å². The minimum atomic E-state index is 0.0168. The number of nitriles is 1. The van der Waals surface area contributed by atoms with Crippen LogP contribution in [0.5, 0.6) is 0 Å². The van der Waals surface area contributed by atoms with Crippen LogP contribution in [0.1, 0.15) is 67.4 Å². The number of thioether (sulfide) groups is 1. The van der Waals surface area contributed by atoms with Crippen LogP contribution in [0.2, 0.25) is 0 Å². The summed E-state index contributed by atoms with van der Waals surface area (Å²) in [7, 11) is 0. The van der Waals surface area contributed by atoms with Crippen LogP contribution in [0.3, 0.4) is 0 Å². The second-order valence-corrected chi connectivity index (χ2v) is 6.91. The molecule has 6 heteroatoms. The number of anilines is 1. The number of para-hydroxylation sites is 1. The maximum Gasteiger partial charge on any atom is 0.237 e. The fourth-order valence-corrected chi connectivity index (χ4v) is 3.96. The van der Waals surface area contributed by atoms with E-state index in [1.165, 1.54) is 21.9 Å². The zero-order valence-corrected chi connectivity index (χ0v) is 23.8. The summed E-state index contributed by atoms with van der Waals surface area (Å²) in [5.74, 6) is 0.233. The quantitative estimate of drug-likeness (QED) is 0.454. The molecule has 0 atom stereocenters. The molecule has 35 heavy (non-hydrogen) atoms. The monoisotopic (exact) mass is 496 g/mol. The molecule has 5 nitrogen and oxygen atoms in total. The lowest BCUT2D eigenvalue weighted by atomic mass is 10.0. The van der Waals surface area contributed by atoms with Crippen LogP contribution in [0.25, 0.3) is 12.2 Å². The van der Waals surface area contributed by atoms with Gasteiger partial charge in [0.2, 0.25) is 5.91 Å². The summed E-state index contributed by atoms with van der Waals surface area (Å²) >= 11 is 1.26. The number of carbonyl (C=O) groups excluding carboxylic acids is 1. The number of carbonyl (C=O) groups is 1. The molecule has 0 bridgehead atoms. The minimum absolute atomic E-state index is 0.0168. The Kier molecular flexibility index (Phi) is 21.0. The van der Waals surface area contributed by atoms with Crippen LogP contribution < -0.4 is 15.6 Å². The molecule has 1 aromatic heterocycles. The molecule has 1 aliphatic rings. The van der Waals surface area contributed by atoms with Gasteiger partial charge in [-0.15, -0.1) is 0 Å². The molecule has 0 aliphatic carbocycles. The molecule has 0 fully saturated rings. The Hall–Kier alpha value is -3.04. The zero-order valence-electron chi connectivity index (χ0n) is 23.0. The predicted octanol–water partition coefficient (Wildman–Crippen LogP) is 6.32. The molecule has 192 valence electrons. The summed E-state index contributed by atoms with van der Waals surface area (Å²) in [5.41, 5.74) is 2.19.